The molecule has 4 nitrogen and oxygen atoms in total. The number of hydrazine groups is 1. The zero-order valence-electron chi connectivity index (χ0n) is 8.79. The van der Waals surface area contributed by atoms with Crippen LogP contribution in [0.25, 0.3) is 0 Å². The SMILES string of the molecule is CC(C)CC(NN)c1c(Br)cnn1C. The van der Waals surface area contributed by atoms with E-state index in [1.165, 1.54) is 0 Å². The van der Waals surface area contributed by atoms with Crippen molar-refractivity contribution in [3.63, 3.8) is 0 Å². The molecule has 0 fully saturated rings. The first-order valence-corrected chi connectivity index (χ1v) is 5.49. The Morgan fingerprint density at radius 3 is 2.64 bits per heavy atom. The van der Waals surface area contributed by atoms with Crippen LogP contribution in [0.5, 0.6) is 0 Å². The highest BCUT2D eigenvalue weighted by atomic mass is 79.9. The van der Waals surface area contributed by atoms with E-state index in [0.29, 0.717) is 5.92 Å². The number of rotatable bonds is 4. The Morgan fingerprint density at radius 1 is 1.64 bits per heavy atom. The highest BCUT2D eigenvalue weighted by Gasteiger charge is 2.18. The van der Waals surface area contributed by atoms with E-state index in [0.717, 1.165) is 16.6 Å². The summed E-state index contributed by atoms with van der Waals surface area (Å²) in [4.78, 5) is 0. The van der Waals surface area contributed by atoms with E-state index < -0.39 is 0 Å². The van der Waals surface area contributed by atoms with E-state index >= 15 is 0 Å². The smallest absolute Gasteiger partial charge is 0.0705 e. The largest absolute Gasteiger partial charge is 0.271 e. The average molecular weight is 261 g/mol. The summed E-state index contributed by atoms with van der Waals surface area (Å²) in [7, 11) is 1.92. The summed E-state index contributed by atoms with van der Waals surface area (Å²) < 4.78 is 2.85. The van der Waals surface area contributed by atoms with Crippen LogP contribution in [-0.4, -0.2) is 9.78 Å². The number of halogens is 1. The zero-order valence-corrected chi connectivity index (χ0v) is 10.4. The standard InChI is InChI=1S/C9H17BrN4/c1-6(2)4-8(13-11)9-7(10)5-12-14(9)3/h5-6,8,13H,4,11H2,1-3H3. The maximum atomic E-state index is 5.54. The van der Waals surface area contributed by atoms with Crippen LogP contribution >= 0.6 is 15.9 Å². The van der Waals surface area contributed by atoms with Crippen LogP contribution in [0.2, 0.25) is 0 Å². The fourth-order valence-electron chi connectivity index (χ4n) is 1.54. The molecule has 0 aliphatic heterocycles. The van der Waals surface area contributed by atoms with Crippen LogP contribution in [0.3, 0.4) is 0 Å². The van der Waals surface area contributed by atoms with Crippen molar-refractivity contribution in [3.05, 3.63) is 16.4 Å². The predicted molar refractivity (Wildman–Crippen MR) is 60.4 cm³/mol. The lowest BCUT2D eigenvalue weighted by molar-refractivity contribution is 0.416. The molecule has 5 heteroatoms. The van der Waals surface area contributed by atoms with E-state index in [9.17, 15) is 0 Å². The molecule has 1 aromatic rings. The topological polar surface area (TPSA) is 55.9 Å². The number of nitrogens with one attached hydrogen (secondary N) is 1. The van der Waals surface area contributed by atoms with Crippen LogP contribution in [0.4, 0.5) is 0 Å². The number of aryl methyl sites for hydroxylation is 1. The molecular weight excluding hydrogens is 244 g/mol. The normalized spacial score (nSPS) is 13.6. The summed E-state index contributed by atoms with van der Waals surface area (Å²) >= 11 is 3.47. The summed E-state index contributed by atoms with van der Waals surface area (Å²) in [5, 5.41) is 4.17. The minimum Gasteiger partial charge on any atom is -0.271 e. The number of nitrogens with two attached hydrogens (primary N) is 1. The fourth-order valence-corrected chi connectivity index (χ4v) is 2.17. The summed E-state index contributed by atoms with van der Waals surface area (Å²) in [6.07, 6.45) is 2.79. The second-order valence-corrected chi connectivity index (χ2v) is 4.70. The van der Waals surface area contributed by atoms with E-state index in [1.54, 1.807) is 6.20 Å². The van der Waals surface area contributed by atoms with Gasteiger partial charge in [-0.05, 0) is 28.3 Å². The monoisotopic (exact) mass is 260 g/mol. The first kappa shape index (κ1) is 11.7. The molecule has 0 aliphatic rings. The van der Waals surface area contributed by atoms with Crippen LogP contribution in [0.15, 0.2) is 10.7 Å². The maximum absolute atomic E-state index is 5.54. The highest BCUT2D eigenvalue weighted by molar-refractivity contribution is 9.10. The molecule has 1 rings (SSSR count). The van der Waals surface area contributed by atoms with Gasteiger partial charge in [0, 0.05) is 7.05 Å². The summed E-state index contributed by atoms with van der Waals surface area (Å²) in [6, 6.07) is 0.150. The average Bonchev–Trinajstić information content (AvgIpc) is 2.43. The van der Waals surface area contributed by atoms with Gasteiger partial charge in [-0.15, -0.1) is 0 Å². The van der Waals surface area contributed by atoms with Crippen molar-refractivity contribution in [1.29, 1.82) is 0 Å². The van der Waals surface area contributed by atoms with Gasteiger partial charge in [-0.1, -0.05) is 13.8 Å². The molecule has 0 radical (unpaired) electrons. The number of hydrogen-bond donors (Lipinski definition) is 2. The lowest BCUT2D eigenvalue weighted by atomic mass is 10.0. The van der Waals surface area contributed by atoms with Crippen LogP contribution in [-0.2, 0) is 7.05 Å². The molecule has 0 amide bonds. The first-order valence-electron chi connectivity index (χ1n) is 4.69. The second kappa shape index (κ2) is 4.91. The van der Waals surface area contributed by atoms with Gasteiger partial charge in [0.2, 0.25) is 0 Å². The minimum atomic E-state index is 0.150. The Hall–Kier alpha value is -0.390. The Bertz CT molecular complexity index is 276. The molecule has 0 spiro atoms. The van der Waals surface area contributed by atoms with Crippen LogP contribution < -0.4 is 11.3 Å². The third-order valence-electron chi connectivity index (χ3n) is 2.18. The highest BCUT2D eigenvalue weighted by Crippen LogP contribution is 2.26. The van der Waals surface area contributed by atoms with Crippen LogP contribution in [0, 0.1) is 5.92 Å². The Kier molecular flexibility index (Phi) is 4.10. The molecule has 0 bridgehead atoms. The zero-order chi connectivity index (χ0) is 10.7. The molecular formula is C9H17BrN4. The van der Waals surface area contributed by atoms with Crippen molar-refractivity contribution in [1.82, 2.24) is 15.2 Å². The third-order valence-corrected chi connectivity index (χ3v) is 2.79. The van der Waals surface area contributed by atoms with Gasteiger partial charge in [-0.3, -0.25) is 16.0 Å². The number of hydrogen-bond acceptors (Lipinski definition) is 3. The van der Waals surface area contributed by atoms with Gasteiger partial charge in [0.05, 0.1) is 22.4 Å². The lowest BCUT2D eigenvalue weighted by Crippen LogP contribution is -2.30. The Balaban J connectivity index is 2.88. The molecule has 3 N–H and O–H groups in total. The van der Waals surface area contributed by atoms with Crippen molar-refractivity contribution in [3.8, 4) is 0 Å². The molecule has 0 aliphatic carbocycles. The van der Waals surface area contributed by atoms with E-state index in [2.05, 4.69) is 40.3 Å². The number of nitrogens with zero attached hydrogens (tertiary/aromatic N) is 2. The molecule has 0 aromatic carbocycles. The van der Waals surface area contributed by atoms with Crippen molar-refractivity contribution in [2.75, 3.05) is 0 Å². The predicted octanol–water partition coefficient (Wildman–Crippen LogP) is 1.73. The Morgan fingerprint density at radius 2 is 2.29 bits per heavy atom. The summed E-state index contributed by atoms with van der Waals surface area (Å²) in [5.74, 6) is 6.13. The van der Waals surface area contributed by atoms with Crippen molar-refractivity contribution >= 4 is 15.9 Å². The summed E-state index contributed by atoms with van der Waals surface area (Å²) in [6.45, 7) is 4.35. The van der Waals surface area contributed by atoms with E-state index in [-0.39, 0.29) is 6.04 Å². The van der Waals surface area contributed by atoms with E-state index in [1.807, 2.05) is 11.7 Å². The molecule has 14 heavy (non-hydrogen) atoms. The molecule has 0 saturated heterocycles. The molecule has 1 heterocycles. The fraction of sp³-hybridized carbons (Fsp3) is 0.667. The lowest BCUT2D eigenvalue weighted by Gasteiger charge is -2.18. The van der Waals surface area contributed by atoms with Gasteiger partial charge < -0.3 is 0 Å². The third kappa shape index (κ3) is 2.56. The summed E-state index contributed by atoms with van der Waals surface area (Å²) in [5.41, 5.74) is 3.92. The van der Waals surface area contributed by atoms with E-state index in [4.69, 9.17) is 5.84 Å². The Labute approximate surface area is 93.0 Å². The van der Waals surface area contributed by atoms with Gasteiger partial charge in [0.1, 0.15) is 0 Å². The maximum Gasteiger partial charge on any atom is 0.0705 e. The first-order chi connectivity index (χ1) is 6.56. The molecule has 1 unspecified atom stereocenters. The van der Waals surface area contributed by atoms with Crippen molar-refractivity contribution in [2.24, 2.45) is 18.8 Å². The van der Waals surface area contributed by atoms with Gasteiger partial charge in [0.25, 0.3) is 0 Å². The van der Waals surface area contributed by atoms with Crippen molar-refractivity contribution < 1.29 is 0 Å². The number of aromatic nitrogens is 2. The molecule has 1 aromatic heterocycles. The van der Waals surface area contributed by atoms with Gasteiger partial charge in [0.15, 0.2) is 0 Å². The van der Waals surface area contributed by atoms with Crippen molar-refractivity contribution in [2.45, 2.75) is 26.3 Å². The second-order valence-electron chi connectivity index (χ2n) is 3.85. The van der Waals surface area contributed by atoms with Gasteiger partial charge in [-0.2, -0.15) is 5.10 Å². The quantitative estimate of drug-likeness (QED) is 0.641. The molecule has 1 atom stereocenters. The van der Waals surface area contributed by atoms with Crippen LogP contribution in [0.1, 0.15) is 32.0 Å². The molecule has 0 saturated carbocycles. The van der Waals surface area contributed by atoms with Gasteiger partial charge in [-0.25, -0.2) is 0 Å². The minimum absolute atomic E-state index is 0.150. The molecule has 80 valence electrons. The van der Waals surface area contributed by atoms with Gasteiger partial charge >= 0.3 is 0 Å².